The van der Waals surface area contributed by atoms with Crippen LogP contribution in [0.25, 0.3) is 11.3 Å². The number of carbonyl (C=O) groups is 1. The average molecular weight is 507 g/mol. The summed E-state index contributed by atoms with van der Waals surface area (Å²) in [5.74, 6) is 0.140. The summed E-state index contributed by atoms with van der Waals surface area (Å²) in [7, 11) is 1.99. The molecule has 1 amide bonds. The van der Waals surface area contributed by atoms with E-state index in [1.165, 1.54) is 11.1 Å². The van der Waals surface area contributed by atoms with Crippen molar-refractivity contribution in [3.63, 3.8) is 0 Å². The molecule has 4 rings (SSSR count). The van der Waals surface area contributed by atoms with Gasteiger partial charge < -0.3 is 14.7 Å². The van der Waals surface area contributed by atoms with Crippen molar-refractivity contribution >= 4 is 33.6 Å². The number of hydrogen-bond acceptors (Lipinski definition) is 5. The Balaban J connectivity index is 0.00000361. The Morgan fingerprint density at radius 1 is 1.03 bits per heavy atom. The summed E-state index contributed by atoms with van der Waals surface area (Å²) in [5, 5.41) is 3.12. The molecule has 0 unspecified atom stereocenters. The van der Waals surface area contributed by atoms with E-state index in [9.17, 15) is 4.79 Å². The minimum absolute atomic E-state index is 0. The van der Waals surface area contributed by atoms with Crippen LogP contribution in [0.5, 0.6) is 0 Å². The van der Waals surface area contributed by atoms with Crippen LogP contribution >= 0.6 is 11.3 Å². The lowest BCUT2D eigenvalue weighted by molar-refractivity contribution is -0.131. The number of allylic oxidation sites excluding steroid dienone is 2. The van der Waals surface area contributed by atoms with Crippen LogP contribution in [0.3, 0.4) is 0 Å². The monoisotopic (exact) mass is 506 g/mol. The molecular weight excluding hydrogens is 471 g/mol. The topological polar surface area (TPSA) is 39.7 Å². The first-order chi connectivity index (χ1) is 16.8. The Morgan fingerprint density at radius 3 is 2.33 bits per heavy atom. The molecule has 5 nitrogen and oxygen atoms in total. The van der Waals surface area contributed by atoms with Crippen LogP contribution in [0.15, 0.2) is 66.6 Å². The van der Waals surface area contributed by atoms with Gasteiger partial charge in [0.05, 0.1) is 12.2 Å². The van der Waals surface area contributed by atoms with Gasteiger partial charge in [0.15, 0.2) is 5.13 Å². The van der Waals surface area contributed by atoms with Gasteiger partial charge in [-0.05, 0) is 54.7 Å². The lowest BCUT2D eigenvalue weighted by Gasteiger charge is -2.35. The summed E-state index contributed by atoms with van der Waals surface area (Å²) in [5.41, 5.74) is 7.63. The molecule has 0 N–H and O–H groups in total. The SMILES string of the molecule is C=C(/C=C(/c1ccccc1)N(C)CC(=O)N1CCN(c2nc(C)cs2)CC1)c1ccc(C)c(C)c1.F. The van der Waals surface area contributed by atoms with E-state index in [0.717, 1.165) is 46.3 Å². The molecule has 0 atom stereocenters. The molecule has 1 aliphatic heterocycles. The van der Waals surface area contributed by atoms with E-state index in [-0.39, 0.29) is 10.6 Å². The minimum Gasteiger partial charge on any atom is -0.365 e. The van der Waals surface area contributed by atoms with Gasteiger partial charge >= 0.3 is 0 Å². The Morgan fingerprint density at radius 2 is 1.72 bits per heavy atom. The molecule has 7 heteroatoms. The normalized spacial score (nSPS) is 13.8. The highest BCUT2D eigenvalue weighted by Crippen LogP contribution is 2.26. The number of nitrogens with zero attached hydrogens (tertiary/aromatic N) is 4. The fraction of sp³-hybridized carbons (Fsp3) is 0.310. The second-order valence-electron chi connectivity index (χ2n) is 9.22. The maximum atomic E-state index is 13.2. The number of piperazine rings is 1. The highest BCUT2D eigenvalue weighted by atomic mass is 32.1. The molecule has 1 aromatic heterocycles. The summed E-state index contributed by atoms with van der Waals surface area (Å²) >= 11 is 1.67. The molecule has 0 bridgehead atoms. The Bertz CT molecular complexity index is 1230. The van der Waals surface area contributed by atoms with Crippen molar-refractivity contribution in [3.8, 4) is 0 Å². The van der Waals surface area contributed by atoms with Crippen LogP contribution in [0.1, 0.15) is 27.9 Å². The second kappa shape index (κ2) is 12.0. The zero-order chi connectivity index (χ0) is 24.9. The number of likely N-dealkylation sites (N-methyl/N-ethyl adjacent to an activating group) is 1. The second-order valence-corrected chi connectivity index (χ2v) is 10.1. The molecule has 0 aliphatic carbocycles. The number of thiazole rings is 1. The molecule has 3 aromatic rings. The maximum absolute atomic E-state index is 13.2. The molecule has 190 valence electrons. The van der Waals surface area contributed by atoms with Crippen LogP contribution in [0, 0.1) is 20.8 Å². The predicted octanol–water partition coefficient (Wildman–Crippen LogP) is 5.56. The third-order valence-electron chi connectivity index (χ3n) is 6.55. The highest BCUT2D eigenvalue weighted by Gasteiger charge is 2.24. The summed E-state index contributed by atoms with van der Waals surface area (Å²) in [6, 6.07) is 16.6. The molecular formula is C29H35FN4OS. The van der Waals surface area contributed by atoms with E-state index in [4.69, 9.17) is 0 Å². The summed E-state index contributed by atoms with van der Waals surface area (Å²) in [6.07, 6.45) is 2.09. The number of aromatic nitrogens is 1. The summed E-state index contributed by atoms with van der Waals surface area (Å²) in [6.45, 7) is 14.0. The van der Waals surface area contributed by atoms with E-state index < -0.39 is 0 Å². The molecule has 1 aliphatic rings. The minimum atomic E-state index is 0. The first-order valence-electron chi connectivity index (χ1n) is 12.0. The van der Waals surface area contributed by atoms with Crippen LogP contribution in [-0.4, -0.2) is 60.5 Å². The molecule has 0 spiro atoms. The van der Waals surface area contributed by atoms with Gasteiger partial charge in [-0.1, -0.05) is 55.1 Å². The Kier molecular flexibility index (Phi) is 9.04. The van der Waals surface area contributed by atoms with Gasteiger partial charge in [0.2, 0.25) is 5.91 Å². The molecule has 0 radical (unpaired) electrons. The number of hydrogen-bond donors (Lipinski definition) is 0. The van der Waals surface area contributed by atoms with Crippen molar-refractivity contribution in [1.82, 2.24) is 14.8 Å². The first kappa shape index (κ1) is 27.1. The van der Waals surface area contributed by atoms with Gasteiger partial charge in [-0.25, -0.2) is 4.98 Å². The Labute approximate surface area is 217 Å². The number of benzene rings is 2. The lowest BCUT2D eigenvalue weighted by atomic mass is 9.99. The van der Waals surface area contributed by atoms with Gasteiger partial charge in [0.25, 0.3) is 0 Å². The lowest BCUT2D eigenvalue weighted by Crippen LogP contribution is -2.50. The van der Waals surface area contributed by atoms with Crippen LogP contribution in [-0.2, 0) is 4.79 Å². The first-order valence-corrected chi connectivity index (χ1v) is 12.9. The van der Waals surface area contributed by atoms with Crippen molar-refractivity contribution < 1.29 is 9.50 Å². The smallest absolute Gasteiger partial charge is 0.242 e. The number of aryl methyl sites for hydroxylation is 3. The third-order valence-corrected chi connectivity index (χ3v) is 7.57. The quantitative estimate of drug-likeness (QED) is 0.394. The van der Waals surface area contributed by atoms with Gasteiger partial charge in [-0.3, -0.25) is 9.50 Å². The third kappa shape index (κ3) is 6.40. The largest absolute Gasteiger partial charge is 0.365 e. The van der Waals surface area contributed by atoms with E-state index in [1.807, 2.05) is 42.0 Å². The van der Waals surface area contributed by atoms with Crippen molar-refractivity contribution in [2.45, 2.75) is 20.8 Å². The number of halogens is 1. The molecule has 1 saturated heterocycles. The van der Waals surface area contributed by atoms with Crippen molar-refractivity contribution in [2.24, 2.45) is 0 Å². The van der Waals surface area contributed by atoms with Gasteiger partial charge in [0.1, 0.15) is 0 Å². The Hall–Kier alpha value is -3.45. The number of rotatable bonds is 7. The fourth-order valence-electron chi connectivity index (χ4n) is 4.23. The van der Waals surface area contributed by atoms with E-state index in [1.54, 1.807) is 11.3 Å². The zero-order valence-corrected chi connectivity index (χ0v) is 22.3. The van der Waals surface area contributed by atoms with E-state index in [0.29, 0.717) is 19.6 Å². The maximum Gasteiger partial charge on any atom is 0.242 e. The molecule has 2 heterocycles. The summed E-state index contributed by atoms with van der Waals surface area (Å²) < 4.78 is 0. The van der Waals surface area contributed by atoms with Gasteiger partial charge in [-0.15, -0.1) is 11.3 Å². The molecule has 2 aromatic carbocycles. The summed E-state index contributed by atoms with van der Waals surface area (Å²) in [4.78, 5) is 24.1. The van der Waals surface area contributed by atoms with Crippen LogP contribution < -0.4 is 4.90 Å². The standard InChI is InChI=1S/C29H34N4OS.FH/c1-21-11-12-26(17-22(21)2)23(3)18-27(25-9-7-6-8-10-25)31(5)19-28(34)32-13-15-33(16-14-32)29-30-24(4)20-35-29;/h6-12,17-18,20H,3,13-16,19H2,1-2,4-5H3;1H/b27-18-;. The van der Waals surface area contributed by atoms with Crippen molar-refractivity contribution in [1.29, 1.82) is 0 Å². The van der Waals surface area contributed by atoms with Crippen molar-refractivity contribution in [3.05, 3.63) is 94.5 Å². The van der Waals surface area contributed by atoms with E-state index >= 15 is 0 Å². The fourth-order valence-corrected chi connectivity index (χ4v) is 5.09. The van der Waals surface area contributed by atoms with Crippen LogP contribution in [0.4, 0.5) is 9.84 Å². The molecule has 0 saturated carbocycles. The van der Waals surface area contributed by atoms with Gasteiger partial charge in [-0.2, -0.15) is 0 Å². The highest BCUT2D eigenvalue weighted by molar-refractivity contribution is 7.13. The zero-order valence-electron chi connectivity index (χ0n) is 21.5. The number of amides is 1. The molecule has 1 fully saturated rings. The van der Waals surface area contributed by atoms with Crippen LogP contribution in [0.2, 0.25) is 0 Å². The number of anilines is 1. The predicted molar refractivity (Wildman–Crippen MR) is 150 cm³/mol. The van der Waals surface area contributed by atoms with Crippen molar-refractivity contribution in [2.75, 3.05) is 44.7 Å². The van der Waals surface area contributed by atoms with Gasteiger partial charge in [0, 0.05) is 44.3 Å². The average Bonchev–Trinajstić information content (AvgIpc) is 3.30. The van der Waals surface area contributed by atoms with E-state index in [2.05, 4.69) is 72.1 Å². The number of carbonyl (C=O) groups excluding carboxylic acids is 1. The molecule has 36 heavy (non-hydrogen) atoms.